The second-order valence-corrected chi connectivity index (χ2v) is 8.82. The van der Waals surface area contributed by atoms with E-state index in [1.807, 2.05) is 24.3 Å². The monoisotopic (exact) mass is 534 g/mol. The zero-order valence-corrected chi connectivity index (χ0v) is 22.8. The third-order valence-electron chi connectivity index (χ3n) is 5.70. The van der Waals surface area contributed by atoms with Crippen LogP contribution in [0.4, 0.5) is 11.4 Å². The number of carbonyl (C=O) groups excluding carboxylic acids is 1. The van der Waals surface area contributed by atoms with Gasteiger partial charge in [-0.3, -0.25) is 0 Å². The molecular weight excluding hydrogens is 496 g/mol. The number of hydrogen-bond acceptors (Lipinski definition) is 8. The SMILES string of the molecule is CCCCCCCOc1ccc(N=Nc2ccc(OC(=O)c3ccc(OCCOCCOC)cc3)cc2)cc1. The molecular formula is C31H38N2O6. The van der Waals surface area contributed by atoms with Gasteiger partial charge in [0.2, 0.25) is 0 Å². The number of methoxy groups -OCH3 is 1. The van der Waals surface area contributed by atoms with E-state index >= 15 is 0 Å². The first kappa shape index (κ1) is 29.8. The fraction of sp³-hybridized carbons (Fsp3) is 0.387. The van der Waals surface area contributed by atoms with E-state index < -0.39 is 5.97 Å². The van der Waals surface area contributed by atoms with E-state index in [1.165, 1.54) is 25.7 Å². The molecule has 0 spiro atoms. The number of azo groups is 1. The summed E-state index contributed by atoms with van der Waals surface area (Å²) in [7, 11) is 1.63. The molecule has 39 heavy (non-hydrogen) atoms. The first-order chi connectivity index (χ1) is 19.2. The van der Waals surface area contributed by atoms with Gasteiger partial charge in [0.25, 0.3) is 0 Å². The number of nitrogens with zero attached hydrogens (tertiary/aromatic N) is 2. The first-order valence-corrected chi connectivity index (χ1v) is 13.4. The molecule has 0 aliphatic rings. The number of unbranched alkanes of at least 4 members (excludes halogenated alkanes) is 4. The normalized spacial score (nSPS) is 11.0. The van der Waals surface area contributed by atoms with Crippen molar-refractivity contribution in [3.05, 3.63) is 78.4 Å². The minimum atomic E-state index is -0.456. The van der Waals surface area contributed by atoms with Crippen molar-refractivity contribution in [2.45, 2.75) is 39.0 Å². The molecule has 3 aromatic carbocycles. The van der Waals surface area contributed by atoms with Crippen LogP contribution in [0.2, 0.25) is 0 Å². The number of benzene rings is 3. The summed E-state index contributed by atoms with van der Waals surface area (Å²) in [5.74, 6) is 1.45. The smallest absolute Gasteiger partial charge is 0.343 e. The molecule has 3 rings (SSSR count). The fourth-order valence-corrected chi connectivity index (χ4v) is 3.52. The predicted octanol–water partition coefficient (Wildman–Crippen LogP) is 7.71. The van der Waals surface area contributed by atoms with Crippen molar-refractivity contribution in [3.8, 4) is 17.2 Å². The Kier molecular flexibility index (Phi) is 13.5. The molecule has 0 heterocycles. The van der Waals surface area contributed by atoms with E-state index in [1.54, 1.807) is 55.6 Å². The maximum Gasteiger partial charge on any atom is 0.343 e. The van der Waals surface area contributed by atoms with E-state index in [9.17, 15) is 4.79 Å². The van der Waals surface area contributed by atoms with Gasteiger partial charge in [0.05, 0.1) is 43.4 Å². The van der Waals surface area contributed by atoms with Crippen molar-refractivity contribution in [2.75, 3.05) is 40.1 Å². The Labute approximate surface area is 230 Å². The Hall–Kier alpha value is -3.75. The molecule has 8 nitrogen and oxygen atoms in total. The van der Waals surface area contributed by atoms with Crippen LogP contribution in [-0.2, 0) is 9.47 Å². The zero-order chi connectivity index (χ0) is 27.5. The minimum Gasteiger partial charge on any atom is -0.494 e. The largest absolute Gasteiger partial charge is 0.494 e. The molecule has 0 saturated heterocycles. The Morgan fingerprint density at radius 1 is 0.615 bits per heavy atom. The van der Waals surface area contributed by atoms with Crippen molar-refractivity contribution >= 4 is 17.3 Å². The highest BCUT2D eigenvalue weighted by molar-refractivity contribution is 5.91. The summed E-state index contributed by atoms with van der Waals surface area (Å²) in [6, 6.07) is 21.2. The summed E-state index contributed by atoms with van der Waals surface area (Å²) in [6.45, 7) is 4.89. The van der Waals surface area contributed by atoms with E-state index in [0.29, 0.717) is 49.2 Å². The van der Waals surface area contributed by atoms with Crippen LogP contribution >= 0.6 is 0 Å². The van der Waals surface area contributed by atoms with Crippen LogP contribution in [-0.4, -0.2) is 46.1 Å². The van der Waals surface area contributed by atoms with Gasteiger partial charge in [0.15, 0.2) is 0 Å². The van der Waals surface area contributed by atoms with E-state index in [0.717, 1.165) is 24.5 Å². The Bertz CT molecular complexity index is 1120. The molecule has 0 radical (unpaired) electrons. The second kappa shape index (κ2) is 17.7. The van der Waals surface area contributed by atoms with Gasteiger partial charge in [-0.05, 0) is 79.2 Å². The van der Waals surface area contributed by atoms with Crippen LogP contribution in [0.5, 0.6) is 17.2 Å². The standard InChI is InChI=1S/C31H38N2O6/c1-3-4-5-6-7-20-37-29-16-10-26(11-17-29)32-33-27-12-18-30(19-13-27)39-31(34)25-8-14-28(15-9-25)38-24-23-36-22-21-35-2/h8-19H,3-7,20-24H2,1-2H3. The summed E-state index contributed by atoms with van der Waals surface area (Å²) in [6.07, 6.45) is 6.06. The van der Waals surface area contributed by atoms with Gasteiger partial charge in [-0.15, -0.1) is 0 Å². The van der Waals surface area contributed by atoms with Crippen LogP contribution in [0.15, 0.2) is 83.0 Å². The molecule has 0 saturated carbocycles. The number of rotatable bonds is 18. The van der Waals surface area contributed by atoms with Gasteiger partial charge >= 0.3 is 5.97 Å². The summed E-state index contributed by atoms with van der Waals surface area (Å²) < 4.78 is 27.1. The molecule has 0 amide bonds. The molecule has 0 aromatic heterocycles. The first-order valence-electron chi connectivity index (χ1n) is 13.4. The van der Waals surface area contributed by atoms with Gasteiger partial charge in [-0.1, -0.05) is 32.6 Å². The lowest BCUT2D eigenvalue weighted by Crippen LogP contribution is -2.10. The summed E-state index contributed by atoms with van der Waals surface area (Å²) in [5.41, 5.74) is 1.80. The van der Waals surface area contributed by atoms with Gasteiger partial charge in [0.1, 0.15) is 23.9 Å². The number of ether oxygens (including phenoxy) is 5. The molecule has 0 bridgehead atoms. The van der Waals surface area contributed by atoms with Crippen LogP contribution < -0.4 is 14.2 Å². The lowest BCUT2D eigenvalue weighted by molar-refractivity contribution is 0.0544. The number of esters is 1. The Balaban J connectivity index is 1.40. The molecule has 0 N–H and O–H groups in total. The average Bonchev–Trinajstić information content (AvgIpc) is 2.97. The van der Waals surface area contributed by atoms with Gasteiger partial charge in [0, 0.05) is 7.11 Å². The summed E-state index contributed by atoms with van der Waals surface area (Å²) >= 11 is 0. The van der Waals surface area contributed by atoms with Crippen LogP contribution in [0.1, 0.15) is 49.4 Å². The zero-order valence-electron chi connectivity index (χ0n) is 22.8. The highest BCUT2D eigenvalue weighted by Gasteiger charge is 2.09. The van der Waals surface area contributed by atoms with Gasteiger partial charge in [-0.2, -0.15) is 10.2 Å². The van der Waals surface area contributed by atoms with Crippen LogP contribution in [0.3, 0.4) is 0 Å². The summed E-state index contributed by atoms with van der Waals surface area (Å²) in [5, 5.41) is 8.53. The quantitative estimate of drug-likeness (QED) is 0.0719. The van der Waals surface area contributed by atoms with Crippen molar-refractivity contribution in [1.82, 2.24) is 0 Å². The average molecular weight is 535 g/mol. The Morgan fingerprint density at radius 3 is 1.77 bits per heavy atom. The van der Waals surface area contributed by atoms with Crippen molar-refractivity contribution in [2.24, 2.45) is 10.2 Å². The Morgan fingerprint density at radius 2 is 1.15 bits per heavy atom. The maximum atomic E-state index is 12.5. The molecule has 0 fully saturated rings. The molecule has 8 heteroatoms. The van der Waals surface area contributed by atoms with E-state index in [4.69, 9.17) is 23.7 Å². The topological polar surface area (TPSA) is 87.9 Å². The van der Waals surface area contributed by atoms with E-state index in [-0.39, 0.29) is 0 Å². The molecule has 3 aromatic rings. The third kappa shape index (κ3) is 11.7. The molecule has 0 atom stereocenters. The van der Waals surface area contributed by atoms with Crippen LogP contribution in [0, 0.1) is 0 Å². The predicted molar refractivity (Wildman–Crippen MR) is 151 cm³/mol. The number of hydrogen-bond donors (Lipinski definition) is 0. The molecule has 208 valence electrons. The third-order valence-corrected chi connectivity index (χ3v) is 5.70. The molecule has 0 aliphatic carbocycles. The van der Waals surface area contributed by atoms with Crippen LogP contribution in [0.25, 0.3) is 0 Å². The van der Waals surface area contributed by atoms with Gasteiger partial charge in [-0.25, -0.2) is 4.79 Å². The lowest BCUT2D eigenvalue weighted by Gasteiger charge is -2.08. The lowest BCUT2D eigenvalue weighted by atomic mass is 10.2. The van der Waals surface area contributed by atoms with Crippen molar-refractivity contribution in [3.63, 3.8) is 0 Å². The maximum absolute atomic E-state index is 12.5. The number of carbonyl (C=O) groups is 1. The van der Waals surface area contributed by atoms with E-state index in [2.05, 4.69) is 17.2 Å². The highest BCUT2D eigenvalue weighted by atomic mass is 16.5. The van der Waals surface area contributed by atoms with Gasteiger partial charge < -0.3 is 23.7 Å². The second-order valence-electron chi connectivity index (χ2n) is 8.82. The minimum absolute atomic E-state index is 0.413. The molecule has 0 unspecified atom stereocenters. The van der Waals surface area contributed by atoms with Crippen molar-refractivity contribution < 1.29 is 28.5 Å². The van der Waals surface area contributed by atoms with Crippen molar-refractivity contribution in [1.29, 1.82) is 0 Å². The fourth-order valence-electron chi connectivity index (χ4n) is 3.52. The molecule has 0 aliphatic heterocycles. The summed E-state index contributed by atoms with van der Waals surface area (Å²) in [4.78, 5) is 12.5. The highest BCUT2D eigenvalue weighted by Crippen LogP contribution is 2.24.